The number of hydrogen-bond donors (Lipinski definition) is 1. The Bertz CT molecular complexity index is 1620. The van der Waals surface area contributed by atoms with Crippen molar-refractivity contribution in [1.82, 2.24) is 0 Å². The minimum absolute atomic E-state index is 0.00200. The van der Waals surface area contributed by atoms with Crippen LogP contribution in [0, 0.1) is 0 Å². The van der Waals surface area contributed by atoms with Gasteiger partial charge >= 0.3 is 0 Å². The molecule has 0 bridgehead atoms. The molecule has 1 nitrogen and oxygen atoms in total. The average molecular weight is 494 g/mol. The lowest BCUT2D eigenvalue weighted by Crippen LogP contribution is -2.15. The van der Waals surface area contributed by atoms with Crippen molar-refractivity contribution < 1.29 is 0 Å². The second-order valence-electron chi connectivity index (χ2n) is 12.0. The van der Waals surface area contributed by atoms with E-state index in [1.54, 1.807) is 0 Å². The van der Waals surface area contributed by atoms with Crippen LogP contribution in [0.25, 0.3) is 33.4 Å². The maximum atomic E-state index is 3.67. The Morgan fingerprint density at radius 3 is 1.89 bits per heavy atom. The fourth-order valence-electron chi connectivity index (χ4n) is 6.02. The third-order valence-corrected chi connectivity index (χ3v) is 8.00. The molecule has 0 saturated carbocycles. The van der Waals surface area contributed by atoms with E-state index in [9.17, 15) is 0 Å². The van der Waals surface area contributed by atoms with Crippen molar-refractivity contribution in [3.8, 4) is 33.4 Å². The van der Waals surface area contributed by atoms with E-state index in [1.807, 2.05) is 0 Å². The monoisotopic (exact) mass is 493 g/mol. The van der Waals surface area contributed by atoms with Crippen LogP contribution in [0.4, 0.5) is 11.4 Å². The van der Waals surface area contributed by atoms with Gasteiger partial charge in [0.25, 0.3) is 0 Å². The van der Waals surface area contributed by atoms with Gasteiger partial charge in [0.2, 0.25) is 0 Å². The lowest BCUT2D eigenvalue weighted by Gasteiger charge is -2.26. The Hall–Kier alpha value is -4.10. The van der Waals surface area contributed by atoms with E-state index in [-0.39, 0.29) is 10.8 Å². The maximum absolute atomic E-state index is 3.67. The highest BCUT2D eigenvalue weighted by atomic mass is 14.9. The number of hydrogen-bond acceptors (Lipinski definition) is 1. The van der Waals surface area contributed by atoms with Crippen molar-refractivity contribution in [2.45, 2.75) is 45.4 Å². The number of nitrogens with one attached hydrogen (secondary N) is 1. The molecule has 0 spiro atoms. The van der Waals surface area contributed by atoms with E-state index in [2.05, 4.69) is 155 Å². The Balaban J connectivity index is 1.35. The summed E-state index contributed by atoms with van der Waals surface area (Å²) in [5, 5.41) is 3.67. The van der Waals surface area contributed by atoms with Crippen LogP contribution in [0.5, 0.6) is 0 Å². The predicted molar refractivity (Wildman–Crippen MR) is 163 cm³/mol. The van der Waals surface area contributed by atoms with Crippen LogP contribution in [0.3, 0.4) is 0 Å². The van der Waals surface area contributed by atoms with Gasteiger partial charge in [-0.25, -0.2) is 0 Å². The van der Waals surface area contributed by atoms with Gasteiger partial charge in [0.05, 0.1) is 0 Å². The molecule has 0 aromatic heterocycles. The van der Waals surface area contributed by atoms with Gasteiger partial charge in [-0.3, -0.25) is 0 Å². The van der Waals surface area contributed by atoms with Gasteiger partial charge in [-0.05, 0) is 79.8 Å². The summed E-state index contributed by atoms with van der Waals surface area (Å²) in [5.74, 6) is 0. The zero-order chi connectivity index (χ0) is 26.5. The molecule has 1 aliphatic carbocycles. The van der Waals surface area contributed by atoms with Crippen LogP contribution in [0.15, 0.2) is 115 Å². The summed E-state index contributed by atoms with van der Waals surface area (Å²) in [6, 6.07) is 41.9. The molecule has 0 saturated heterocycles. The summed E-state index contributed by atoms with van der Waals surface area (Å²) in [6.07, 6.45) is 0. The van der Waals surface area contributed by atoms with Gasteiger partial charge in [-0.2, -0.15) is 0 Å². The summed E-state index contributed by atoms with van der Waals surface area (Å²) in [4.78, 5) is 0. The van der Waals surface area contributed by atoms with Gasteiger partial charge < -0.3 is 5.32 Å². The zero-order valence-corrected chi connectivity index (χ0v) is 23.0. The fourth-order valence-corrected chi connectivity index (χ4v) is 6.02. The Labute approximate surface area is 227 Å². The van der Waals surface area contributed by atoms with Gasteiger partial charge in [-0.1, -0.05) is 126 Å². The molecule has 1 heteroatoms. The second-order valence-corrected chi connectivity index (χ2v) is 12.0. The average Bonchev–Trinajstić information content (AvgIpc) is 3.15. The van der Waals surface area contributed by atoms with Crippen LogP contribution < -0.4 is 5.32 Å². The van der Waals surface area contributed by atoms with Crippen molar-refractivity contribution in [3.05, 3.63) is 132 Å². The zero-order valence-electron chi connectivity index (χ0n) is 23.0. The molecule has 5 aromatic carbocycles. The van der Waals surface area contributed by atoms with E-state index in [1.165, 1.54) is 50.1 Å². The number of rotatable bonds is 4. The van der Waals surface area contributed by atoms with Crippen LogP contribution in [-0.2, 0) is 10.8 Å². The molecule has 38 heavy (non-hydrogen) atoms. The summed E-state index contributed by atoms with van der Waals surface area (Å²) >= 11 is 0. The van der Waals surface area contributed by atoms with E-state index < -0.39 is 0 Å². The third kappa shape index (κ3) is 4.13. The van der Waals surface area contributed by atoms with E-state index in [0.29, 0.717) is 0 Å². The summed E-state index contributed by atoms with van der Waals surface area (Å²) in [6.45, 7) is 11.5. The largest absolute Gasteiger partial charge is 0.356 e. The fraction of sp³-hybridized carbons (Fsp3) is 0.189. The Morgan fingerprint density at radius 1 is 0.526 bits per heavy atom. The standard InChI is InChI=1S/C37H35N/c1-36(2,3)33-17-11-15-29(25-12-7-6-8-13-25)35(33)26-18-20-27(21-19-26)38-28-22-23-31-30-14-9-10-16-32(30)37(4,5)34(31)24-28/h6-24,38H,1-5H3. The van der Waals surface area contributed by atoms with Gasteiger partial charge in [0, 0.05) is 16.8 Å². The van der Waals surface area contributed by atoms with Crippen molar-refractivity contribution in [2.75, 3.05) is 5.32 Å². The lowest BCUT2D eigenvalue weighted by molar-refractivity contribution is 0.592. The summed E-state index contributed by atoms with van der Waals surface area (Å²) in [5.41, 5.74) is 14.2. The molecule has 0 aliphatic heterocycles. The lowest BCUT2D eigenvalue weighted by atomic mass is 9.79. The highest BCUT2D eigenvalue weighted by Crippen LogP contribution is 2.49. The highest BCUT2D eigenvalue weighted by Gasteiger charge is 2.35. The van der Waals surface area contributed by atoms with Crippen molar-refractivity contribution in [1.29, 1.82) is 0 Å². The summed E-state index contributed by atoms with van der Waals surface area (Å²) in [7, 11) is 0. The number of benzene rings is 5. The van der Waals surface area contributed by atoms with Crippen molar-refractivity contribution in [2.24, 2.45) is 0 Å². The van der Waals surface area contributed by atoms with Crippen molar-refractivity contribution in [3.63, 3.8) is 0 Å². The van der Waals surface area contributed by atoms with Crippen LogP contribution in [0.1, 0.15) is 51.3 Å². The van der Waals surface area contributed by atoms with Crippen LogP contribution >= 0.6 is 0 Å². The van der Waals surface area contributed by atoms with E-state index >= 15 is 0 Å². The Kier molecular flexibility index (Phi) is 5.76. The maximum Gasteiger partial charge on any atom is 0.0387 e. The highest BCUT2D eigenvalue weighted by molar-refractivity contribution is 5.87. The van der Waals surface area contributed by atoms with Gasteiger partial charge in [0.15, 0.2) is 0 Å². The van der Waals surface area contributed by atoms with Crippen LogP contribution in [-0.4, -0.2) is 0 Å². The second kappa shape index (κ2) is 9.03. The minimum Gasteiger partial charge on any atom is -0.356 e. The first-order valence-corrected chi connectivity index (χ1v) is 13.5. The molecule has 0 amide bonds. The molecule has 1 N–H and O–H groups in total. The van der Waals surface area contributed by atoms with Crippen LogP contribution in [0.2, 0.25) is 0 Å². The predicted octanol–water partition coefficient (Wildman–Crippen LogP) is 10.4. The molecule has 1 aliphatic rings. The molecule has 0 fully saturated rings. The summed E-state index contributed by atoms with van der Waals surface area (Å²) < 4.78 is 0. The van der Waals surface area contributed by atoms with Crippen molar-refractivity contribution >= 4 is 11.4 Å². The molecule has 0 atom stereocenters. The topological polar surface area (TPSA) is 12.0 Å². The van der Waals surface area contributed by atoms with E-state index in [0.717, 1.165) is 11.4 Å². The molecule has 188 valence electrons. The molecule has 0 unspecified atom stereocenters. The van der Waals surface area contributed by atoms with Gasteiger partial charge in [-0.15, -0.1) is 0 Å². The SMILES string of the molecule is CC(C)(C)c1cccc(-c2ccccc2)c1-c1ccc(Nc2ccc3c(c2)C(C)(C)c2ccccc2-3)cc1. The Morgan fingerprint density at radius 2 is 1.16 bits per heavy atom. The van der Waals surface area contributed by atoms with Gasteiger partial charge in [0.1, 0.15) is 0 Å². The molecule has 5 aromatic rings. The van der Waals surface area contributed by atoms with E-state index in [4.69, 9.17) is 0 Å². The molecule has 6 rings (SSSR count). The normalized spacial score (nSPS) is 13.6. The molecular formula is C37H35N. The quantitative estimate of drug-likeness (QED) is 0.262. The number of fused-ring (bicyclic) bond motifs is 3. The number of anilines is 2. The minimum atomic E-state index is -0.00200. The molecule has 0 heterocycles. The first-order chi connectivity index (χ1) is 18.2. The smallest absolute Gasteiger partial charge is 0.0387 e. The first-order valence-electron chi connectivity index (χ1n) is 13.5. The third-order valence-electron chi connectivity index (χ3n) is 8.00. The first kappa shape index (κ1) is 24.2. The molecular weight excluding hydrogens is 458 g/mol. The molecule has 0 radical (unpaired) electrons.